The molecule has 1 aromatic carbocycles. The third kappa shape index (κ3) is 2.55. The number of aromatic nitrogens is 4. The van der Waals surface area contributed by atoms with E-state index in [0.717, 1.165) is 30.1 Å². The molecule has 1 unspecified atom stereocenters. The summed E-state index contributed by atoms with van der Waals surface area (Å²) in [5.41, 5.74) is 4.16. The lowest BCUT2D eigenvalue weighted by Crippen LogP contribution is -2.39. The maximum absolute atomic E-state index is 5.96. The van der Waals surface area contributed by atoms with Crippen LogP contribution in [0.2, 0.25) is 0 Å². The van der Waals surface area contributed by atoms with Crippen LogP contribution in [0.25, 0.3) is 11.2 Å². The second kappa shape index (κ2) is 5.62. The summed E-state index contributed by atoms with van der Waals surface area (Å²) >= 11 is 0. The highest BCUT2D eigenvalue weighted by Crippen LogP contribution is 2.28. The Kier molecular flexibility index (Phi) is 3.46. The van der Waals surface area contributed by atoms with Crippen molar-refractivity contribution in [2.75, 3.05) is 24.6 Å². The number of anilines is 1. The van der Waals surface area contributed by atoms with Crippen molar-refractivity contribution < 1.29 is 4.74 Å². The van der Waals surface area contributed by atoms with Crippen molar-refractivity contribution in [3.8, 4) is 0 Å². The van der Waals surface area contributed by atoms with Crippen LogP contribution < -0.4 is 4.90 Å². The summed E-state index contributed by atoms with van der Waals surface area (Å²) in [6.45, 7) is 4.35. The minimum Gasteiger partial charge on any atom is -0.370 e. The van der Waals surface area contributed by atoms with E-state index in [0.29, 0.717) is 6.61 Å². The number of rotatable bonds is 2. The van der Waals surface area contributed by atoms with E-state index in [9.17, 15) is 0 Å². The summed E-state index contributed by atoms with van der Waals surface area (Å²) in [5.74, 6) is 0.885. The standard InChI is InChI=1S/C17H19N5O/c1-12-3-5-13(6-4-12)14-9-22(7-8-23-14)17-15-16(18-10-19-17)21(2)11-20-15/h3-6,10-11,14H,7-9H2,1-2H3. The van der Waals surface area contributed by atoms with Crippen LogP contribution in [0.1, 0.15) is 17.2 Å². The molecule has 4 rings (SSSR count). The molecule has 118 valence electrons. The predicted molar refractivity (Wildman–Crippen MR) is 88.4 cm³/mol. The Morgan fingerprint density at radius 3 is 2.78 bits per heavy atom. The van der Waals surface area contributed by atoms with Crippen LogP contribution in [-0.4, -0.2) is 39.2 Å². The lowest BCUT2D eigenvalue weighted by Gasteiger charge is -2.34. The molecule has 0 saturated carbocycles. The zero-order valence-corrected chi connectivity index (χ0v) is 13.3. The average molecular weight is 309 g/mol. The van der Waals surface area contributed by atoms with E-state index in [1.807, 2.05) is 11.6 Å². The van der Waals surface area contributed by atoms with Crippen LogP contribution in [0.5, 0.6) is 0 Å². The van der Waals surface area contributed by atoms with E-state index in [1.54, 1.807) is 12.7 Å². The summed E-state index contributed by atoms with van der Waals surface area (Å²) in [6.07, 6.45) is 3.44. The van der Waals surface area contributed by atoms with Gasteiger partial charge < -0.3 is 14.2 Å². The normalized spacial score (nSPS) is 18.5. The molecule has 6 nitrogen and oxygen atoms in total. The Morgan fingerprint density at radius 1 is 1.13 bits per heavy atom. The van der Waals surface area contributed by atoms with Crippen molar-refractivity contribution >= 4 is 17.0 Å². The maximum Gasteiger partial charge on any atom is 0.165 e. The zero-order valence-electron chi connectivity index (χ0n) is 13.3. The molecule has 3 heterocycles. The quantitative estimate of drug-likeness (QED) is 0.727. The Morgan fingerprint density at radius 2 is 1.96 bits per heavy atom. The lowest BCUT2D eigenvalue weighted by atomic mass is 10.1. The van der Waals surface area contributed by atoms with Crippen molar-refractivity contribution in [2.24, 2.45) is 7.05 Å². The second-order valence-electron chi connectivity index (χ2n) is 5.94. The molecule has 0 aliphatic carbocycles. The molecule has 0 amide bonds. The largest absolute Gasteiger partial charge is 0.370 e. The first kappa shape index (κ1) is 14.1. The van der Waals surface area contributed by atoms with Crippen LogP contribution in [0, 0.1) is 6.92 Å². The number of hydrogen-bond acceptors (Lipinski definition) is 5. The minimum absolute atomic E-state index is 0.0538. The highest BCUT2D eigenvalue weighted by atomic mass is 16.5. The van der Waals surface area contributed by atoms with Crippen LogP contribution >= 0.6 is 0 Å². The monoisotopic (exact) mass is 309 g/mol. The van der Waals surface area contributed by atoms with Crippen LogP contribution in [0.15, 0.2) is 36.9 Å². The van der Waals surface area contributed by atoms with E-state index in [1.165, 1.54) is 11.1 Å². The number of fused-ring (bicyclic) bond motifs is 1. The molecule has 2 aromatic heterocycles. The fourth-order valence-electron chi connectivity index (χ4n) is 2.99. The Balaban J connectivity index is 1.65. The molecule has 1 saturated heterocycles. The summed E-state index contributed by atoms with van der Waals surface area (Å²) in [6, 6.07) is 8.53. The Bertz CT molecular complexity index is 827. The molecular weight excluding hydrogens is 290 g/mol. The molecule has 23 heavy (non-hydrogen) atoms. The van der Waals surface area contributed by atoms with E-state index in [-0.39, 0.29) is 6.10 Å². The van der Waals surface area contributed by atoms with Gasteiger partial charge >= 0.3 is 0 Å². The van der Waals surface area contributed by atoms with Gasteiger partial charge in [0.2, 0.25) is 0 Å². The topological polar surface area (TPSA) is 56.1 Å². The van der Waals surface area contributed by atoms with E-state index < -0.39 is 0 Å². The molecule has 0 spiro atoms. The summed E-state index contributed by atoms with van der Waals surface area (Å²) in [4.78, 5) is 15.5. The first-order valence-electron chi connectivity index (χ1n) is 7.77. The van der Waals surface area contributed by atoms with Gasteiger partial charge in [0.1, 0.15) is 12.4 Å². The number of aryl methyl sites for hydroxylation is 2. The first-order valence-corrected chi connectivity index (χ1v) is 7.77. The second-order valence-corrected chi connectivity index (χ2v) is 5.94. The molecule has 6 heteroatoms. The van der Waals surface area contributed by atoms with Crippen molar-refractivity contribution in [2.45, 2.75) is 13.0 Å². The lowest BCUT2D eigenvalue weighted by molar-refractivity contribution is 0.0396. The molecular formula is C17H19N5O. The maximum atomic E-state index is 5.96. The summed E-state index contributed by atoms with van der Waals surface area (Å²) in [7, 11) is 1.94. The summed E-state index contributed by atoms with van der Waals surface area (Å²) < 4.78 is 7.88. The highest BCUT2D eigenvalue weighted by molar-refractivity contribution is 5.83. The number of imidazole rings is 1. The van der Waals surface area contributed by atoms with Gasteiger partial charge in [-0.3, -0.25) is 0 Å². The molecule has 1 aliphatic heterocycles. The molecule has 0 bridgehead atoms. The number of nitrogens with zero attached hydrogens (tertiary/aromatic N) is 5. The Hall–Kier alpha value is -2.47. The van der Waals surface area contributed by atoms with Gasteiger partial charge in [-0.05, 0) is 12.5 Å². The van der Waals surface area contributed by atoms with Gasteiger partial charge in [-0.15, -0.1) is 0 Å². The van der Waals surface area contributed by atoms with Crippen molar-refractivity contribution in [3.05, 3.63) is 48.0 Å². The molecule has 3 aromatic rings. The van der Waals surface area contributed by atoms with Crippen molar-refractivity contribution in [1.82, 2.24) is 19.5 Å². The minimum atomic E-state index is 0.0538. The fourth-order valence-corrected chi connectivity index (χ4v) is 2.99. The Labute approximate surface area is 134 Å². The molecule has 1 atom stereocenters. The van der Waals surface area contributed by atoms with Gasteiger partial charge in [0.15, 0.2) is 17.0 Å². The smallest absolute Gasteiger partial charge is 0.165 e. The number of hydrogen-bond donors (Lipinski definition) is 0. The van der Waals surface area contributed by atoms with E-state index >= 15 is 0 Å². The SMILES string of the molecule is Cc1ccc(C2CN(c3ncnc4c3ncn4C)CCO2)cc1. The van der Waals surface area contributed by atoms with Crippen LogP contribution in [0.3, 0.4) is 0 Å². The van der Waals surface area contributed by atoms with E-state index in [2.05, 4.69) is 51.0 Å². The molecule has 0 N–H and O–H groups in total. The van der Waals surface area contributed by atoms with Gasteiger partial charge in [0.05, 0.1) is 12.9 Å². The van der Waals surface area contributed by atoms with Gasteiger partial charge in [-0.25, -0.2) is 15.0 Å². The van der Waals surface area contributed by atoms with Gasteiger partial charge in [0, 0.05) is 20.1 Å². The van der Waals surface area contributed by atoms with Gasteiger partial charge in [0.25, 0.3) is 0 Å². The van der Waals surface area contributed by atoms with Crippen LogP contribution in [0.4, 0.5) is 5.82 Å². The fraction of sp³-hybridized carbons (Fsp3) is 0.353. The van der Waals surface area contributed by atoms with Gasteiger partial charge in [-0.1, -0.05) is 29.8 Å². The highest BCUT2D eigenvalue weighted by Gasteiger charge is 2.25. The zero-order chi connectivity index (χ0) is 15.8. The van der Waals surface area contributed by atoms with E-state index in [4.69, 9.17) is 4.74 Å². The average Bonchev–Trinajstić information content (AvgIpc) is 2.97. The molecule has 1 aliphatic rings. The predicted octanol–water partition coefficient (Wildman–Crippen LogP) is 2.25. The summed E-state index contributed by atoms with van der Waals surface area (Å²) in [5, 5.41) is 0. The van der Waals surface area contributed by atoms with Crippen molar-refractivity contribution in [1.29, 1.82) is 0 Å². The third-order valence-corrected chi connectivity index (χ3v) is 4.29. The molecule has 1 fully saturated rings. The number of morpholine rings is 1. The van der Waals surface area contributed by atoms with Crippen LogP contribution in [-0.2, 0) is 11.8 Å². The molecule has 0 radical (unpaired) electrons. The number of ether oxygens (including phenoxy) is 1. The van der Waals surface area contributed by atoms with Gasteiger partial charge in [-0.2, -0.15) is 0 Å². The third-order valence-electron chi connectivity index (χ3n) is 4.29. The first-order chi connectivity index (χ1) is 11.2. The van der Waals surface area contributed by atoms with Crippen molar-refractivity contribution in [3.63, 3.8) is 0 Å². The number of benzene rings is 1.